The van der Waals surface area contributed by atoms with Gasteiger partial charge in [0, 0.05) is 8.07 Å². The maximum Gasteiger partial charge on any atom is 4.00 e. The summed E-state index contributed by atoms with van der Waals surface area (Å²) in [5.74, 6) is 0. The van der Waals surface area contributed by atoms with Crippen LogP contribution in [0.1, 0.15) is 38.9 Å². The Balaban J connectivity index is 0.000000456. The number of benzene rings is 3. The molecule has 0 heterocycles. The molecule has 4 aromatic rings. The Hall–Kier alpha value is -2.45. The van der Waals surface area contributed by atoms with Crippen LogP contribution in [0, 0.1) is 41.5 Å². The molecule has 0 amide bonds. The summed E-state index contributed by atoms with van der Waals surface area (Å²) in [5.41, 5.74) is 9.29. The first-order chi connectivity index (χ1) is 16.0. The fourth-order valence-corrected chi connectivity index (χ4v) is 4.71. The minimum Gasteiger partial charge on any atom is -0.199 e. The van der Waals surface area contributed by atoms with Crippen molar-refractivity contribution < 1.29 is 21.7 Å². The van der Waals surface area contributed by atoms with Crippen LogP contribution in [-0.2, 0) is 27.8 Å². The monoisotopic (exact) mass is 514 g/mol. The molecule has 0 spiro atoms. The minimum absolute atomic E-state index is 0. The molecule has 0 atom stereocenters. The first-order valence-electron chi connectivity index (χ1n) is 11.8. The average Bonchev–Trinajstić information content (AvgIpc) is 3.02. The first-order valence-corrected chi connectivity index (χ1v) is 15.5. The van der Waals surface area contributed by atoms with Gasteiger partial charge in [0.05, 0.1) is 0 Å². The first kappa shape index (κ1) is 32.6. The zero-order valence-corrected chi connectivity index (χ0v) is 25.1. The van der Waals surface area contributed by atoms with Crippen LogP contribution in [0.25, 0.3) is 0 Å². The molecule has 4 aromatic carbocycles. The maximum absolute atomic E-state index is 3.72. The van der Waals surface area contributed by atoms with E-state index < -0.39 is 8.07 Å². The largest absolute Gasteiger partial charge is 4.00 e. The summed E-state index contributed by atoms with van der Waals surface area (Å²) in [6.07, 6.45) is 0. The van der Waals surface area contributed by atoms with Crippen LogP contribution in [0.15, 0.2) is 97.1 Å². The van der Waals surface area contributed by atoms with Gasteiger partial charge in [-0.15, -0.1) is 36.4 Å². The number of aryl methyl sites for hydroxylation is 1. The molecule has 2 heteroatoms. The van der Waals surface area contributed by atoms with Gasteiger partial charge in [-0.1, -0.05) is 64.7 Å². The second-order valence-corrected chi connectivity index (χ2v) is 15.3. The second-order valence-electron chi connectivity index (χ2n) is 9.80. The molecule has 0 aromatic heterocycles. The molecule has 0 radical (unpaired) electrons. The average molecular weight is 515 g/mol. The molecule has 0 N–H and O–H groups in total. The molecule has 0 aliphatic heterocycles. The van der Waals surface area contributed by atoms with Gasteiger partial charge in [0.25, 0.3) is 0 Å². The van der Waals surface area contributed by atoms with E-state index in [0.717, 1.165) is 16.7 Å². The molecular weight excluding hydrogens is 472 g/mol. The summed E-state index contributed by atoms with van der Waals surface area (Å²) in [6, 6.07) is 33.3. The Morgan fingerprint density at radius 1 is 0.571 bits per heavy atom. The summed E-state index contributed by atoms with van der Waals surface area (Å²) in [4.78, 5) is 0. The molecule has 0 aliphatic rings. The van der Waals surface area contributed by atoms with Crippen molar-refractivity contribution in [2.45, 2.75) is 46.5 Å². The van der Waals surface area contributed by atoms with Gasteiger partial charge in [0.1, 0.15) is 0 Å². The van der Waals surface area contributed by atoms with Gasteiger partial charge in [-0.2, -0.15) is 102 Å². The summed E-state index contributed by atoms with van der Waals surface area (Å²) < 4.78 is 0. The number of rotatable bonds is 2. The van der Waals surface area contributed by atoms with Gasteiger partial charge in [-0.05, 0) is 0 Å². The van der Waals surface area contributed by atoms with Crippen molar-refractivity contribution in [3.63, 3.8) is 0 Å². The Morgan fingerprint density at radius 3 is 1.06 bits per heavy atom. The van der Waals surface area contributed by atoms with Crippen LogP contribution >= 0.6 is 0 Å². The molecule has 35 heavy (non-hydrogen) atoms. The topological polar surface area (TPSA) is 0 Å². The molecule has 0 saturated carbocycles. The van der Waals surface area contributed by atoms with E-state index in [4.69, 9.17) is 0 Å². The summed E-state index contributed by atoms with van der Waals surface area (Å²) in [5, 5.41) is 0. The SMILES string of the molecule is Cc1[cH-]c(C[Si](C)(C)C)c(C)c1C.[CH2-]c1ccccc1.[CH2-]c1ccccc1.[CH2-]c1ccccc1.[Ti+4]. The molecule has 0 bridgehead atoms. The maximum atomic E-state index is 3.72. The van der Waals surface area contributed by atoms with Crippen LogP contribution in [0.3, 0.4) is 0 Å². The third-order valence-electron chi connectivity index (χ3n) is 5.28. The number of hydrogen-bond acceptors (Lipinski definition) is 0. The van der Waals surface area contributed by atoms with E-state index in [1.807, 2.05) is 91.0 Å². The van der Waals surface area contributed by atoms with Gasteiger partial charge in [-0.25, -0.2) is 0 Å². The van der Waals surface area contributed by atoms with Crippen LogP contribution in [0.2, 0.25) is 19.6 Å². The molecule has 4 rings (SSSR count). The van der Waals surface area contributed by atoms with E-state index in [1.54, 1.807) is 5.56 Å². The van der Waals surface area contributed by atoms with Gasteiger partial charge >= 0.3 is 21.7 Å². The van der Waals surface area contributed by atoms with E-state index in [9.17, 15) is 0 Å². The molecular formula is C33H42SiTi. The third-order valence-corrected chi connectivity index (χ3v) is 6.72. The molecule has 182 valence electrons. The van der Waals surface area contributed by atoms with Crippen molar-refractivity contribution >= 4 is 8.07 Å². The molecule has 0 saturated heterocycles. The number of hydrogen-bond donors (Lipinski definition) is 0. The fourth-order valence-electron chi connectivity index (χ4n) is 3.20. The quantitative estimate of drug-likeness (QED) is 0.185. The van der Waals surface area contributed by atoms with Crippen molar-refractivity contribution in [3.05, 3.63) is 157 Å². The van der Waals surface area contributed by atoms with Gasteiger partial charge in [-0.3, -0.25) is 0 Å². The van der Waals surface area contributed by atoms with E-state index in [2.05, 4.69) is 67.2 Å². The summed E-state index contributed by atoms with van der Waals surface area (Å²) in [6.45, 7) is 25.2. The molecule has 0 fully saturated rings. The smallest absolute Gasteiger partial charge is 0.199 e. The van der Waals surface area contributed by atoms with Crippen LogP contribution in [0.4, 0.5) is 0 Å². The van der Waals surface area contributed by atoms with Gasteiger partial charge in [0.2, 0.25) is 0 Å². The normalized spacial score (nSPS) is 9.66. The van der Waals surface area contributed by atoms with Crippen LogP contribution in [0.5, 0.6) is 0 Å². The van der Waals surface area contributed by atoms with Crippen molar-refractivity contribution in [1.82, 2.24) is 0 Å². The van der Waals surface area contributed by atoms with E-state index in [0.29, 0.717) is 0 Å². The summed E-state index contributed by atoms with van der Waals surface area (Å²) >= 11 is 0. The molecule has 0 aliphatic carbocycles. The zero-order chi connectivity index (χ0) is 25.6. The summed E-state index contributed by atoms with van der Waals surface area (Å²) in [7, 11) is -0.939. The van der Waals surface area contributed by atoms with Crippen molar-refractivity contribution in [2.24, 2.45) is 0 Å². The predicted molar refractivity (Wildman–Crippen MR) is 156 cm³/mol. The standard InChI is InChI=1S/C12H21Si.3C7H7.Ti/c1-9-7-12(8-13(4,5)6)11(3)10(9)2;3*1-7-5-3-2-4-6-7;/h7H,8H2,1-6H3;3*2-6H,1H2;/q4*-1;+4. The van der Waals surface area contributed by atoms with E-state index in [-0.39, 0.29) is 21.7 Å². The van der Waals surface area contributed by atoms with Crippen LogP contribution < -0.4 is 0 Å². The predicted octanol–water partition coefficient (Wildman–Crippen LogP) is 9.35. The van der Waals surface area contributed by atoms with E-state index in [1.165, 1.54) is 22.7 Å². The van der Waals surface area contributed by atoms with Gasteiger partial charge in [0.15, 0.2) is 0 Å². The van der Waals surface area contributed by atoms with Crippen LogP contribution in [-0.4, -0.2) is 8.07 Å². The molecule has 0 unspecified atom stereocenters. The fraction of sp³-hybridized carbons (Fsp3) is 0.212. The van der Waals surface area contributed by atoms with E-state index >= 15 is 0 Å². The minimum atomic E-state index is -0.939. The Morgan fingerprint density at radius 2 is 0.886 bits per heavy atom. The van der Waals surface area contributed by atoms with Crippen molar-refractivity contribution in [2.75, 3.05) is 0 Å². The zero-order valence-electron chi connectivity index (χ0n) is 22.6. The Labute approximate surface area is 232 Å². The Kier molecular flexibility index (Phi) is 15.9. The van der Waals surface area contributed by atoms with Crippen molar-refractivity contribution in [1.29, 1.82) is 0 Å². The third kappa shape index (κ3) is 15.2. The Bertz CT molecular complexity index is 954. The second kappa shape index (κ2) is 17.1. The van der Waals surface area contributed by atoms with Crippen molar-refractivity contribution in [3.8, 4) is 0 Å². The molecule has 0 nitrogen and oxygen atoms in total. The van der Waals surface area contributed by atoms with Gasteiger partial charge < -0.3 is 0 Å².